The standard InChI is InChI=1S/C18H18ClN3O3/c1-13-11-14(5-6-17(13)22(24)25)18(23)21-9-7-20(8-10-21)16-4-2-3-15(19)12-16/h2-6,11-12H,7-10H2,1H3. The third kappa shape index (κ3) is 3.74. The van der Waals surface area contributed by atoms with Crippen LogP contribution in [0, 0.1) is 17.0 Å². The van der Waals surface area contributed by atoms with Crippen LogP contribution in [0.15, 0.2) is 42.5 Å². The lowest BCUT2D eigenvalue weighted by molar-refractivity contribution is -0.385. The van der Waals surface area contributed by atoms with E-state index in [4.69, 9.17) is 11.6 Å². The molecule has 0 atom stereocenters. The minimum absolute atomic E-state index is 0.0299. The lowest BCUT2D eigenvalue weighted by Gasteiger charge is -2.36. The highest BCUT2D eigenvalue weighted by Crippen LogP contribution is 2.23. The predicted molar refractivity (Wildman–Crippen MR) is 97.4 cm³/mol. The number of halogens is 1. The number of benzene rings is 2. The van der Waals surface area contributed by atoms with Crippen molar-refractivity contribution in [3.05, 3.63) is 68.7 Å². The van der Waals surface area contributed by atoms with Gasteiger partial charge in [-0.2, -0.15) is 0 Å². The molecule has 0 unspecified atom stereocenters. The van der Waals surface area contributed by atoms with Crippen LogP contribution in [-0.4, -0.2) is 41.9 Å². The van der Waals surface area contributed by atoms with Crippen molar-refractivity contribution in [3.8, 4) is 0 Å². The Kier molecular flexibility index (Phi) is 4.90. The monoisotopic (exact) mass is 359 g/mol. The van der Waals surface area contributed by atoms with Crippen LogP contribution in [0.2, 0.25) is 5.02 Å². The Morgan fingerprint density at radius 3 is 2.44 bits per heavy atom. The van der Waals surface area contributed by atoms with E-state index < -0.39 is 4.92 Å². The van der Waals surface area contributed by atoms with Crippen LogP contribution in [0.3, 0.4) is 0 Å². The van der Waals surface area contributed by atoms with Crippen LogP contribution < -0.4 is 4.90 Å². The fourth-order valence-corrected chi connectivity index (χ4v) is 3.20. The molecular formula is C18H18ClN3O3. The van der Waals surface area contributed by atoms with Gasteiger partial charge in [-0.1, -0.05) is 17.7 Å². The zero-order valence-electron chi connectivity index (χ0n) is 13.8. The molecule has 2 aromatic carbocycles. The molecular weight excluding hydrogens is 342 g/mol. The van der Waals surface area contributed by atoms with Crippen molar-refractivity contribution in [2.75, 3.05) is 31.1 Å². The summed E-state index contributed by atoms with van der Waals surface area (Å²) in [6.45, 7) is 4.28. The molecule has 0 spiro atoms. The van der Waals surface area contributed by atoms with Crippen molar-refractivity contribution in [3.63, 3.8) is 0 Å². The maximum absolute atomic E-state index is 12.6. The summed E-state index contributed by atoms with van der Waals surface area (Å²) in [5, 5.41) is 11.6. The van der Waals surface area contributed by atoms with Gasteiger partial charge in [0, 0.05) is 54.1 Å². The molecule has 0 aliphatic carbocycles. The van der Waals surface area contributed by atoms with E-state index >= 15 is 0 Å². The van der Waals surface area contributed by atoms with Crippen molar-refractivity contribution in [2.24, 2.45) is 0 Å². The second kappa shape index (κ2) is 7.11. The fraction of sp³-hybridized carbons (Fsp3) is 0.278. The second-order valence-electron chi connectivity index (χ2n) is 6.02. The summed E-state index contributed by atoms with van der Waals surface area (Å²) in [5.41, 5.74) is 2.06. The molecule has 25 heavy (non-hydrogen) atoms. The van der Waals surface area contributed by atoms with Gasteiger partial charge in [-0.3, -0.25) is 14.9 Å². The Balaban J connectivity index is 1.67. The van der Waals surface area contributed by atoms with Crippen molar-refractivity contribution < 1.29 is 9.72 Å². The first-order valence-corrected chi connectivity index (χ1v) is 8.38. The van der Waals surface area contributed by atoms with E-state index in [2.05, 4.69) is 4.90 Å². The summed E-state index contributed by atoms with van der Waals surface area (Å²) in [6.07, 6.45) is 0. The van der Waals surface area contributed by atoms with Crippen LogP contribution in [0.25, 0.3) is 0 Å². The molecule has 0 saturated carbocycles. The number of hydrogen-bond acceptors (Lipinski definition) is 4. The van der Waals surface area contributed by atoms with Gasteiger partial charge in [-0.25, -0.2) is 0 Å². The van der Waals surface area contributed by atoms with Crippen LogP contribution in [-0.2, 0) is 0 Å². The van der Waals surface area contributed by atoms with Gasteiger partial charge in [0.1, 0.15) is 0 Å². The van der Waals surface area contributed by atoms with E-state index in [0.29, 0.717) is 29.2 Å². The molecule has 0 aromatic heterocycles. The fourth-order valence-electron chi connectivity index (χ4n) is 3.02. The van der Waals surface area contributed by atoms with Crippen molar-refractivity contribution in [2.45, 2.75) is 6.92 Å². The highest BCUT2D eigenvalue weighted by Gasteiger charge is 2.23. The molecule has 6 nitrogen and oxygen atoms in total. The topological polar surface area (TPSA) is 66.7 Å². The number of anilines is 1. The minimum Gasteiger partial charge on any atom is -0.368 e. The van der Waals surface area contributed by atoms with E-state index in [0.717, 1.165) is 18.8 Å². The molecule has 1 aliphatic rings. The molecule has 1 saturated heterocycles. The summed E-state index contributed by atoms with van der Waals surface area (Å²) in [5.74, 6) is -0.0938. The van der Waals surface area contributed by atoms with Gasteiger partial charge in [0.15, 0.2) is 0 Å². The average molecular weight is 360 g/mol. The Hall–Kier alpha value is -2.60. The highest BCUT2D eigenvalue weighted by molar-refractivity contribution is 6.30. The molecule has 0 radical (unpaired) electrons. The molecule has 3 rings (SSSR count). The zero-order chi connectivity index (χ0) is 18.0. The summed E-state index contributed by atoms with van der Waals surface area (Å²) in [4.78, 5) is 27.1. The number of carbonyl (C=O) groups is 1. The summed E-state index contributed by atoms with van der Waals surface area (Å²) < 4.78 is 0. The Morgan fingerprint density at radius 2 is 1.84 bits per heavy atom. The Labute approximate surface area is 150 Å². The van der Waals surface area contributed by atoms with Crippen molar-refractivity contribution in [1.82, 2.24) is 4.90 Å². The number of hydrogen-bond donors (Lipinski definition) is 0. The first-order chi connectivity index (χ1) is 12.0. The van der Waals surface area contributed by atoms with Crippen LogP contribution in [0.1, 0.15) is 15.9 Å². The molecule has 2 aromatic rings. The van der Waals surface area contributed by atoms with E-state index in [1.807, 2.05) is 24.3 Å². The molecule has 0 bridgehead atoms. The van der Waals surface area contributed by atoms with Gasteiger partial charge >= 0.3 is 0 Å². The smallest absolute Gasteiger partial charge is 0.272 e. The average Bonchev–Trinajstić information content (AvgIpc) is 2.61. The highest BCUT2D eigenvalue weighted by atomic mass is 35.5. The van der Waals surface area contributed by atoms with Gasteiger partial charge in [0.05, 0.1) is 4.92 Å². The van der Waals surface area contributed by atoms with E-state index in [1.54, 1.807) is 17.9 Å². The van der Waals surface area contributed by atoms with E-state index in [-0.39, 0.29) is 11.6 Å². The van der Waals surface area contributed by atoms with Gasteiger partial charge < -0.3 is 9.80 Å². The normalized spacial score (nSPS) is 14.5. The van der Waals surface area contributed by atoms with E-state index in [1.165, 1.54) is 12.1 Å². The number of carbonyl (C=O) groups excluding carboxylic acids is 1. The van der Waals surface area contributed by atoms with Crippen LogP contribution in [0.4, 0.5) is 11.4 Å². The van der Waals surface area contributed by atoms with Gasteiger partial charge in [-0.15, -0.1) is 0 Å². The third-order valence-corrected chi connectivity index (χ3v) is 4.62. The largest absolute Gasteiger partial charge is 0.368 e. The maximum Gasteiger partial charge on any atom is 0.272 e. The number of nitro groups is 1. The van der Waals surface area contributed by atoms with E-state index in [9.17, 15) is 14.9 Å². The molecule has 0 N–H and O–H groups in total. The number of nitro benzene ring substituents is 1. The molecule has 1 fully saturated rings. The maximum atomic E-state index is 12.6. The molecule has 1 aliphatic heterocycles. The zero-order valence-corrected chi connectivity index (χ0v) is 14.6. The van der Waals surface area contributed by atoms with Gasteiger partial charge in [-0.05, 0) is 37.3 Å². The first-order valence-electron chi connectivity index (χ1n) is 8.00. The minimum atomic E-state index is -0.437. The number of rotatable bonds is 3. The summed E-state index contributed by atoms with van der Waals surface area (Å²) >= 11 is 6.03. The summed E-state index contributed by atoms with van der Waals surface area (Å²) in [7, 11) is 0. The third-order valence-electron chi connectivity index (χ3n) is 4.38. The molecule has 1 heterocycles. The first kappa shape index (κ1) is 17.2. The van der Waals surface area contributed by atoms with Crippen LogP contribution in [0.5, 0.6) is 0 Å². The van der Waals surface area contributed by atoms with Crippen LogP contribution >= 0.6 is 11.6 Å². The predicted octanol–water partition coefficient (Wildman–Crippen LogP) is 3.52. The lowest BCUT2D eigenvalue weighted by Crippen LogP contribution is -2.48. The lowest BCUT2D eigenvalue weighted by atomic mass is 10.1. The van der Waals surface area contributed by atoms with Crippen molar-refractivity contribution in [1.29, 1.82) is 0 Å². The van der Waals surface area contributed by atoms with Crippen molar-refractivity contribution >= 4 is 28.9 Å². The molecule has 130 valence electrons. The Morgan fingerprint density at radius 1 is 1.12 bits per heavy atom. The van der Waals surface area contributed by atoms with Gasteiger partial charge in [0.2, 0.25) is 0 Å². The van der Waals surface area contributed by atoms with Gasteiger partial charge in [0.25, 0.3) is 11.6 Å². The molecule has 7 heteroatoms. The Bertz CT molecular complexity index is 817. The quantitative estimate of drug-likeness (QED) is 0.621. The number of piperazine rings is 1. The number of amides is 1. The summed E-state index contributed by atoms with van der Waals surface area (Å²) in [6, 6.07) is 12.2. The SMILES string of the molecule is Cc1cc(C(=O)N2CCN(c3cccc(Cl)c3)CC2)ccc1[N+](=O)[O-]. The number of aryl methyl sites for hydroxylation is 1. The number of nitrogens with zero attached hydrogens (tertiary/aromatic N) is 3. The molecule has 1 amide bonds. The second-order valence-corrected chi connectivity index (χ2v) is 6.45.